The number of likely N-dealkylation sites (tertiary alicyclic amines) is 1. The molecule has 0 aliphatic carbocycles. The lowest BCUT2D eigenvalue weighted by Crippen LogP contribution is -2.45. The summed E-state index contributed by atoms with van der Waals surface area (Å²) >= 11 is 0. The van der Waals surface area contributed by atoms with Crippen LogP contribution in [-0.2, 0) is 4.79 Å². The fraction of sp³-hybridized carbons (Fsp3) is 0.300. The van der Waals surface area contributed by atoms with Crippen LogP contribution in [0.4, 0.5) is 20.6 Å². The third-order valence-electron chi connectivity index (χ3n) is 4.56. The Labute approximate surface area is 152 Å². The van der Waals surface area contributed by atoms with Gasteiger partial charge in [-0.1, -0.05) is 24.3 Å². The third kappa shape index (κ3) is 4.39. The van der Waals surface area contributed by atoms with E-state index in [0.717, 1.165) is 17.7 Å². The highest BCUT2D eigenvalue weighted by molar-refractivity contribution is 5.94. The van der Waals surface area contributed by atoms with Crippen LogP contribution < -0.4 is 10.6 Å². The summed E-state index contributed by atoms with van der Waals surface area (Å²) in [4.78, 5) is 26.6. The predicted molar refractivity (Wildman–Crippen MR) is 99.5 cm³/mol. The monoisotopic (exact) mass is 355 g/mol. The highest BCUT2D eigenvalue weighted by Crippen LogP contribution is 2.22. The van der Waals surface area contributed by atoms with Gasteiger partial charge in [-0.25, -0.2) is 9.18 Å². The van der Waals surface area contributed by atoms with E-state index < -0.39 is 5.82 Å². The van der Waals surface area contributed by atoms with Gasteiger partial charge in [-0.15, -0.1) is 0 Å². The fourth-order valence-electron chi connectivity index (χ4n) is 3.06. The van der Waals surface area contributed by atoms with Gasteiger partial charge >= 0.3 is 6.03 Å². The maximum absolute atomic E-state index is 13.4. The molecular formula is C20H22FN3O2. The molecule has 3 rings (SSSR count). The van der Waals surface area contributed by atoms with Crippen LogP contribution in [0.2, 0.25) is 0 Å². The lowest BCUT2D eigenvalue weighted by molar-refractivity contribution is -0.121. The average molecular weight is 355 g/mol. The molecule has 26 heavy (non-hydrogen) atoms. The highest BCUT2D eigenvalue weighted by Gasteiger charge is 2.28. The zero-order chi connectivity index (χ0) is 18.5. The van der Waals surface area contributed by atoms with Crippen molar-refractivity contribution in [2.24, 2.45) is 5.92 Å². The van der Waals surface area contributed by atoms with Gasteiger partial charge in [0, 0.05) is 24.5 Å². The molecular weight excluding hydrogens is 333 g/mol. The summed E-state index contributed by atoms with van der Waals surface area (Å²) in [6, 6.07) is 13.3. The molecule has 1 atom stereocenters. The van der Waals surface area contributed by atoms with E-state index in [4.69, 9.17) is 0 Å². The molecule has 2 aromatic rings. The van der Waals surface area contributed by atoms with Crippen molar-refractivity contribution >= 4 is 23.3 Å². The zero-order valence-corrected chi connectivity index (χ0v) is 14.7. The zero-order valence-electron chi connectivity index (χ0n) is 14.7. The van der Waals surface area contributed by atoms with Crippen molar-refractivity contribution in [3.8, 4) is 0 Å². The van der Waals surface area contributed by atoms with E-state index in [1.54, 1.807) is 11.0 Å². The van der Waals surface area contributed by atoms with Gasteiger partial charge in [-0.05, 0) is 49.6 Å². The molecule has 1 fully saturated rings. The van der Waals surface area contributed by atoms with E-state index >= 15 is 0 Å². The van der Waals surface area contributed by atoms with E-state index in [-0.39, 0.29) is 17.9 Å². The minimum Gasteiger partial charge on any atom is -0.325 e. The number of piperidine rings is 1. The lowest BCUT2D eigenvalue weighted by Gasteiger charge is -2.32. The molecule has 6 heteroatoms. The number of nitrogens with one attached hydrogen (secondary N) is 2. The fourth-order valence-corrected chi connectivity index (χ4v) is 3.06. The second-order valence-corrected chi connectivity index (χ2v) is 6.53. The van der Waals surface area contributed by atoms with Crippen molar-refractivity contribution in [3.63, 3.8) is 0 Å². The summed E-state index contributed by atoms with van der Waals surface area (Å²) < 4.78 is 13.4. The molecule has 1 aliphatic heterocycles. The van der Waals surface area contributed by atoms with E-state index in [9.17, 15) is 14.0 Å². The van der Waals surface area contributed by atoms with E-state index in [0.29, 0.717) is 25.2 Å². The van der Waals surface area contributed by atoms with Crippen molar-refractivity contribution in [3.05, 3.63) is 59.9 Å². The number of halogens is 1. The summed E-state index contributed by atoms with van der Waals surface area (Å²) in [5, 5.41) is 5.64. The standard InChI is InChI=1S/C20H22FN3O2/c1-14-9-10-16(21)12-18(14)23-19(25)15-6-5-11-24(13-15)20(26)22-17-7-3-2-4-8-17/h2-4,7-10,12,15H,5-6,11,13H2,1H3,(H,22,26)(H,23,25)/t15-/m1/s1. The molecule has 0 unspecified atom stereocenters. The van der Waals surface area contributed by atoms with Crippen LogP contribution in [0.25, 0.3) is 0 Å². The SMILES string of the molecule is Cc1ccc(F)cc1NC(=O)[C@@H]1CCCN(C(=O)Nc2ccccc2)C1. The number of urea groups is 1. The first-order valence-corrected chi connectivity index (χ1v) is 8.71. The Morgan fingerprint density at radius 3 is 2.65 bits per heavy atom. The van der Waals surface area contributed by atoms with Gasteiger partial charge < -0.3 is 15.5 Å². The summed E-state index contributed by atoms with van der Waals surface area (Å²) in [6.07, 6.45) is 1.46. The number of para-hydroxylation sites is 1. The Hall–Kier alpha value is -2.89. The van der Waals surface area contributed by atoms with Gasteiger partial charge in [-0.3, -0.25) is 4.79 Å². The Morgan fingerprint density at radius 1 is 1.12 bits per heavy atom. The molecule has 0 radical (unpaired) electrons. The van der Waals surface area contributed by atoms with Gasteiger partial charge in [0.25, 0.3) is 0 Å². The molecule has 3 amide bonds. The van der Waals surface area contributed by atoms with E-state index in [2.05, 4.69) is 10.6 Å². The van der Waals surface area contributed by atoms with Gasteiger partial charge in [0.1, 0.15) is 5.82 Å². The number of hydrogen-bond acceptors (Lipinski definition) is 2. The number of rotatable bonds is 3. The molecule has 1 heterocycles. The van der Waals surface area contributed by atoms with Crippen molar-refractivity contribution in [1.82, 2.24) is 4.90 Å². The van der Waals surface area contributed by atoms with Gasteiger partial charge in [-0.2, -0.15) is 0 Å². The number of anilines is 2. The Morgan fingerprint density at radius 2 is 1.88 bits per heavy atom. The maximum atomic E-state index is 13.4. The molecule has 0 spiro atoms. The topological polar surface area (TPSA) is 61.4 Å². The molecule has 0 saturated carbocycles. The van der Waals surface area contributed by atoms with Gasteiger partial charge in [0.2, 0.25) is 5.91 Å². The van der Waals surface area contributed by atoms with Crippen LogP contribution in [0.5, 0.6) is 0 Å². The normalized spacial score (nSPS) is 16.8. The smallest absolute Gasteiger partial charge is 0.321 e. The summed E-state index contributed by atoms with van der Waals surface area (Å²) in [6.45, 7) is 2.77. The van der Waals surface area contributed by atoms with Crippen molar-refractivity contribution in [1.29, 1.82) is 0 Å². The second kappa shape index (κ2) is 7.99. The summed E-state index contributed by atoms with van der Waals surface area (Å²) in [5.74, 6) is -0.887. The minimum absolute atomic E-state index is 0.184. The number of aryl methyl sites for hydroxylation is 1. The molecule has 2 N–H and O–H groups in total. The number of hydrogen-bond donors (Lipinski definition) is 2. The van der Waals surface area contributed by atoms with Crippen LogP contribution in [0.1, 0.15) is 18.4 Å². The number of amides is 3. The molecule has 5 nitrogen and oxygen atoms in total. The number of benzene rings is 2. The van der Waals surface area contributed by atoms with Crippen molar-refractivity contribution < 1.29 is 14.0 Å². The van der Waals surface area contributed by atoms with Gasteiger partial charge in [0.15, 0.2) is 0 Å². The van der Waals surface area contributed by atoms with Gasteiger partial charge in [0.05, 0.1) is 5.92 Å². The number of nitrogens with zero attached hydrogens (tertiary/aromatic N) is 1. The first kappa shape index (κ1) is 17.9. The van der Waals surface area contributed by atoms with Crippen LogP contribution >= 0.6 is 0 Å². The van der Waals surface area contributed by atoms with Crippen molar-refractivity contribution in [2.45, 2.75) is 19.8 Å². The van der Waals surface area contributed by atoms with Crippen molar-refractivity contribution in [2.75, 3.05) is 23.7 Å². The lowest BCUT2D eigenvalue weighted by atomic mass is 9.97. The summed E-state index contributed by atoms with van der Waals surface area (Å²) in [7, 11) is 0. The average Bonchev–Trinajstić information content (AvgIpc) is 2.65. The molecule has 136 valence electrons. The molecule has 1 saturated heterocycles. The molecule has 0 bridgehead atoms. The van der Waals surface area contributed by atoms with Crippen LogP contribution in [0, 0.1) is 18.7 Å². The minimum atomic E-state index is -0.390. The Kier molecular flexibility index (Phi) is 5.51. The Balaban J connectivity index is 1.61. The molecule has 0 aromatic heterocycles. The number of carbonyl (C=O) groups is 2. The maximum Gasteiger partial charge on any atom is 0.321 e. The quantitative estimate of drug-likeness (QED) is 0.874. The van der Waals surface area contributed by atoms with Crippen LogP contribution in [-0.4, -0.2) is 29.9 Å². The van der Waals surface area contributed by atoms with Crippen LogP contribution in [0.3, 0.4) is 0 Å². The Bertz CT molecular complexity index is 795. The largest absolute Gasteiger partial charge is 0.325 e. The second-order valence-electron chi connectivity index (χ2n) is 6.53. The first-order valence-electron chi connectivity index (χ1n) is 8.71. The first-order chi connectivity index (χ1) is 12.5. The predicted octanol–water partition coefficient (Wildman–Crippen LogP) is 4.02. The van der Waals surface area contributed by atoms with E-state index in [1.165, 1.54) is 12.1 Å². The highest BCUT2D eigenvalue weighted by atomic mass is 19.1. The number of carbonyl (C=O) groups excluding carboxylic acids is 2. The molecule has 1 aliphatic rings. The summed E-state index contributed by atoms with van der Waals surface area (Å²) in [5.41, 5.74) is 1.99. The van der Waals surface area contributed by atoms with E-state index in [1.807, 2.05) is 37.3 Å². The third-order valence-corrected chi connectivity index (χ3v) is 4.56. The van der Waals surface area contributed by atoms with Crippen LogP contribution in [0.15, 0.2) is 48.5 Å². The molecule has 2 aromatic carbocycles.